The van der Waals surface area contributed by atoms with Gasteiger partial charge in [-0.05, 0) is 16.7 Å². The molecule has 0 saturated heterocycles. The Bertz CT molecular complexity index is 459. The number of carbonyl (C=O) groups is 2. The number of rotatable bonds is 6. The van der Waals surface area contributed by atoms with Crippen molar-refractivity contribution in [1.82, 2.24) is 0 Å². The molecule has 0 radical (unpaired) electrons. The molecule has 1 aromatic rings. The van der Waals surface area contributed by atoms with Crippen LogP contribution in [0.25, 0.3) is 0 Å². The number of ketones is 1. The van der Waals surface area contributed by atoms with Crippen LogP contribution in [0.3, 0.4) is 0 Å². The van der Waals surface area contributed by atoms with Crippen molar-refractivity contribution in [2.75, 3.05) is 5.88 Å². The molecule has 0 heterocycles. The van der Waals surface area contributed by atoms with Crippen LogP contribution in [0, 0.1) is 0 Å². The SMILES string of the molecule is O=C(CCl)Cc1ccc(CCl)c(C(O)C(=O)O)c1. The average molecular weight is 291 g/mol. The van der Waals surface area contributed by atoms with Crippen molar-refractivity contribution in [2.45, 2.75) is 18.4 Å². The zero-order chi connectivity index (χ0) is 13.7. The molecule has 2 N–H and O–H groups in total. The number of carboxylic acids is 1. The normalized spacial score (nSPS) is 12.2. The summed E-state index contributed by atoms with van der Waals surface area (Å²) in [6.07, 6.45) is -1.55. The number of benzene rings is 1. The van der Waals surface area contributed by atoms with E-state index in [0.717, 1.165) is 0 Å². The number of hydrogen-bond acceptors (Lipinski definition) is 3. The summed E-state index contributed by atoms with van der Waals surface area (Å²) in [5.74, 6) is -1.55. The maximum absolute atomic E-state index is 11.2. The number of Topliss-reactive ketones (excluding diaryl/α,β-unsaturated/α-hetero) is 1. The second-order valence-corrected chi connectivity index (χ2v) is 4.29. The Morgan fingerprint density at radius 3 is 2.44 bits per heavy atom. The zero-order valence-electron chi connectivity index (χ0n) is 9.40. The van der Waals surface area contributed by atoms with Gasteiger partial charge in [0.2, 0.25) is 0 Å². The number of carbonyl (C=O) groups excluding carboxylic acids is 1. The summed E-state index contributed by atoms with van der Waals surface area (Å²) in [6.45, 7) is 0. The fourth-order valence-electron chi connectivity index (χ4n) is 1.54. The Hall–Kier alpha value is -1.10. The summed E-state index contributed by atoms with van der Waals surface area (Å²) in [5.41, 5.74) is 1.33. The first kappa shape index (κ1) is 15.0. The molecule has 0 spiro atoms. The van der Waals surface area contributed by atoms with Crippen LogP contribution in [-0.4, -0.2) is 27.8 Å². The van der Waals surface area contributed by atoms with Gasteiger partial charge in [0.05, 0.1) is 5.88 Å². The van der Waals surface area contributed by atoms with Gasteiger partial charge in [0.1, 0.15) is 0 Å². The van der Waals surface area contributed by atoms with Crippen molar-refractivity contribution in [3.63, 3.8) is 0 Å². The molecule has 1 aromatic carbocycles. The van der Waals surface area contributed by atoms with E-state index in [2.05, 4.69) is 0 Å². The monoisotopic (exact) mass is 290 g/mol. The fourth-order valence-corrected chi connectivity index (χ4v) is 1.88. The van der Waals surface area contributed by atoms with Crippen LogP contribution < -0.4 is 0 Å². The summed E-state index contributed by atoms with van der Waals surface area (Å²) in [7, 11) is 0. The third kappa shape index (κ3) is 3.70. The number of aliphatic hydroxyl groups is 1. The first-order valence-electron chi connectivity index (χ1n) is 5.15. The number of aliphatic hydroxyl groups excluding tert-OH is 1. The predicted octanol–water partition coefficient (Wildman–Crippen LogP) is 1.89. The van der Waals surface area contributed by atoms with Crippen molar-refractivity contribution in [1.29, 1.82) is 0 Å². The lowest BCUT2D eigenvalue weighted by Crippen LogP contribution is -2.13. The highest BCUT2D eigenvalue weighted by Gasteiger charge is 2.20. The van der Waals surface area contributed by atoms with E-state index in [1.807, 2.05) is 0 Å². The Labute approximate surface area is 114 Å². The number of alkyl halides is 2. The van der Waals surface area contributed by atoms with Crippen molar-refractivity contribution >= 4 is 35.0 Å². The quantitative estimate of drug-likeness (QED) is 0.785. The van der Waals surface area contributed by atoms with Crippen LogP contribution in [0.15, 0.2) is 18.2 Å². The summed E-state index contributed by atoms with van der Waals surface area (Å²) in [4.78, 5) is 22.0. The van der Waals surface area contributed by atoms with Crippen molar-refractivity contribution in [3.05, 3.63) is 34.9 Å². The highest BCUT2D eigenvalue weighted by atomic mass is 35.5. The Kier molecular flexibility index (Phi) is 5.59. The second kappa shape index (κ2) is 6.73. The molecule has 6 heteroatoms. The zero-order valence-corrected chi connectivity index (χ0v) is 10.9. The minimum absolute atomic E-state index is 0.0867. The lowest BCUT2D eigenvalue weighted by Gasteiger charge is -2.12. The topological polar surface area (TPSA) is 74.6 Å². The van der Waals surface area contributed by atoms with Gasteiger partial charge in [0.25, 0.3) is 0 Å². The Morgan fingerprint density at radius 1 is 1.28 bits per heavy atom. The van der Waals surface area contributed by atoms with E-state index in [0.29, 0.717) is 11.1 Å². The minimum atomic E-state index is -1.65. The van der Waals surface area contributed by atoms with E-state index in [4.69, 9.17) is 28.3 Å². The lowest BCUT2D eigenvalue weighted by molar-refractivity contribution is -0.147. The van der Waals surface area contributed by atoms with Crippen LogP contribution in [-0.2, 0) is 21.9 Å². The molecule has 4 nitrogen and oxygen atoms in total. The number of halogens is 2. The molecular weight excluding hydrogens is 279 g/mol. The molecule has 1 rings (SSSR count). The highest BCUT2D eigenvalue weighted by molar-refractivity contribution is 6.27. The molecule has 0 aliphatic heterocycles. The largest absolute Gasteiger partial charge is 0.479 e. The van der Waals surface area contributed by atoms with Crippen molar-refractivity contribution in [3.8, 4) is 0 Å². The summed E-state index contributed by atoms with van der Waals surface area (Å²) >= 11 is 11.1. The van der Waals surface area contributed by atoms with Gasteiger partial charge in [-0.25, -0.2) is 4.79 Å². The average Bonchev–Trinajstić information content (AvgIpc) is 2.37. The highest BCUT2D eigenvalue weighted by Crippen LogP contribution is 2.22. The Balaban J connectivity index is 3.09. The second-order valence-electron chi connectivity index (χ2n) is 3.76. The van der Waals surface area contributed by atoms with Gasteiger partial charge in [-0.3, -0.25) is 4.79 Å². The molecule has 0 amide bonds. The van der Waals surface area contributed by atoms with Crippen LogP contribution in [0.4, 0.5) is 0 Å². The fraction of sp³-hybridized carbons (Fsp3) is 0.333. The molecule has 0 aliphatic carbocycles. The Morgan fingerprint density at radius 2 is 1.94 bits per heavy atom. The van der Waals surface area contributed by atoms with E-state index in [1.54, 1.807) is 12.1 Å². The van der Waals surface area contributed by atoms with Crippen molar-refractivity contribution in [2.24, 2.45) is 0 Å². The van der Waals surface area contributed by atoms with Gasteiger partial charge < -0.3 is 10.2 Å². The number of aliphatic carboxylic acids is 1. The van der Waals surface area contributed by atoms with Gasteiger partial charge >= 0.3 is 5.97 Å². The third-order valence-electron chi connectivity index (χ3n) is 2.43. The van der Waals surface area contributed by atoms with E-state index >= 15 is 0 Å². The summed E-state index contributed by atoms with van der Waals surface area (Å²) < 4.78 is 0. The molecule has 0 saturated carbocycles. The third-order valence-corrected chi connectivity index (χ3v) is 3.02. The van der Waals surface area contributed by atoms with Gasteiger partial charge in [0, 0.05) is 12.3 Å². The van der Waals surface area contributed by atoms with E-state index in [9.17, 15) is 14.7 Å². The van der Waals surface area contributed by atoms with E-state index in [-0.39, 0.29) is 29.5 Å². The standard InChI is InChI=1S/C12H12Cl2O4/c13-5-8-2-1-7(3-9(15)6-14)4-10(8)11(16)12(17)18/h1-2,4,11,16H,3,5-6H2,(H,17,18). The first-order valence-corrected chi connectivity index (χ1v) is 6.22. The maximum atomic E-state index is 11.2. The molecule has 0 bridgehead atoms. The minimum Gasteiger partial charge on any atom is -0.479 e. The summed E-state index contributed by atoms with van der Waals surface area (Å²) in [5, 5.41) is 18.3. The predicted molar refractivity (Wildman–Crippen MR) is 68.0 cm³/mol. The number of carboxylic acid groups (broad SMARTS) is 1. The van der Waals surface area contributed by atoms with Crippen LogP contribution >= 0.6 is 23.2 Å². The van der Waals surface area contributed by atoms with Crippen LogP contribution in [0.5, 0.6) is 0 Å². The molecule has 18 heavy (non-hydrogen) atoms. The van der Waals surface area contributed by atoms with Gasteiger partial charge in [-0.2, -0.15) is 0 Å². The first-order chi connectivity index (χ1) is 8.49. The lowest BCUT2D eigenvalue weighted by atomic mass is 9.98. The van der Waals surface area contributed by atoms with E-state index < -0.39 is 12.1 Å². The number of hydrogen-bond donors (Lipinski definition) is 2. The maximum Gasteiger partial charge on any atom is 0.337 e. The van der Waals surface area contributed by atoms with E-state index in [1.165, 1.54) is 6.07 Å². The van der Waals surface area contributed by atoms with Gasteiger partial charge in [0.15, 0.2) is 11.9 Å². The van der Waals surface area contributed by atoms with Crippen LogP contribution in [0.1, 0.15) is 22.8 Å². The van der Waals surface area contributed by atoms with Gasteiger partial charge in [-0.15, -0.1) is 23.2 Å². The molecule has 0 aliphatic rings. The molecule has 0 fully saturated rings. The van der Waals surface area contributed by atoms with Crippen molar-refractivity contribution < 1.29 is 19.8 Å². The molecular formula is C12H12Cl2O4. The van der Waals surface area contributed by atoms with Crippen LogP contribution in [0.2, 0.25) is 0 Å². The molecule has 1 atom stereocenters. The summed E-state index contributed by atoms with van der Waals surface area (Å²) in [6, 6.07) is 4.74. The smallest absolute Gasteiger partial charge is 0.337 e. The van der Waals surface area contributed by atoms with Gasteiger partial charge in [-0.1, -0.05) is 18.2 Å². The molecule has 0 aromatic heterocycles. The molecule has 98 valence electrons. The molecule has 1 unspecified atom stereocenters.